The summed E-state index contributed by atoms with van der Waals surface area (Å²) in [6, 6.07) is 7.58. The second-order valence-corrected chi connectivity index (χ2v) is 5.60. The van der Waals surface area contributed by atoms with Crippen molar-refractivity contribution in [2.45, 2.75) is 46.3 Å². The van der Waals surface area contributed by atoms with Gasteiger partial charge in [-0.15, -0.1) is 0 Å². The number of carbonyl (C=O) groups excluding carboxylic acids is 1. The van der Waals surface area contributed by atoms with Gasteiger partial charge in [-0.2, -0.15) is 0 Å². The molecule has 0 fully saturated rings. The number of hydrogen-bond acceptors (Lipinski definition) is 3. The fourth-order valence-corrected chi connectivity index (χ4v) is 1.44. The molecule has 0 heterocycles. The maximum atomic E-state index is 11.3. The molecule has 0 aliphatic heterocycles. The van der Waals surface area contributed by atoms with Gasteiger partial charge in [0.05, 0.1) is 6.10 Å². The molecule has 3 nitrogen and oxygen atoms in total. The molecule has 0 aromatic heterocycles. The van der Waals surface area contributed by atoms with E-state index in [0.29, 0.717) is 0 Å². The number of benzene rings is 1. The van der Waals surface area contributed by atoms with Gasteiger partial charge in [0.2, 0.25) is 0 Å². The molecule has 0 aliphatic rings. The van der Waals surface area contributed by atoms with Crippen molar-refractivity contribution in [1.82, 2.24) is 0 Å². The molecule has 0 saturated heterocycles. The fraction of sp³-hybridized carbons (Fsp3) is 0.438. The van der Waals surface area contributed by atoms with Gasteiger partial charge in [0, 0.05) is 6.08 Å². The Morgan fingerprint density at radius 1 is 1.16 bits per heavy atom. The number of rotatable bonds is 4. The summed E-state index contributed by atoms with van der Waals surface area (Å²) < 4.78 is 10.7. The third-order valence-corrected chi connectivity index (χ3v) is 2.07. The molecule has 0 unspecified atom stereocenters. The van der Waals surface area contributed by atoms with Crippen molar-refractivity contribution >= 4 is 12.0 Å². The van der Waals surface area contributed by atoms with Crippen LogP contribution in [0.5, 0.6) is 5.75 Å². The lowest BCUT2D eigenvalue weighted by atomic mass is 10.1. The average molecular weight is 262 g/mol. The standard InChI is InChI=1S/C16H22O3/c1-12(2)18-15(17)11-8-13-6-9-14(10-7-13)19-16(3,4)5/h6-12H,1-5H3/b11-8+. The molecule has 19 heavy (non-hydrogen) atoms. The van der Waals surface area contributed by atoms with E-state index < -0.39 is 0 Å². The van der Waals surface area contributed by atoms with Crippen LogP contribution in [0, 0.1) is 0 Å². The number of hydrogen-bond donors (Lipinski definition) is 0. The van der Waals surface area contributed by atoms with E-state index in [2.05, 4.69) is 0 Å². The summed E-state index contributed by atoms with van der Waals surface area (Å²) in [5.74, 6) is 0.486. The quantitative estimate of drug-likeness (QED) is 0.611. The summed E-state index contributed by atoms with van der Waals surface area (Å²) >= 11 is 0. The molecule has 0 radical (unpaired) electrons. The van der Waals surface area contributed by atoms with E-state index in [-0.39, 0.29) is 17.7 Å². The van der Waals surface area contributed by atoms with Crippen LogP contribution in [0.25, 0.3) is 6.08 Å². The Kier molecular flexibility index (Phi) is 5.16. The molecule has 0 aliphatic carbocycles. The lowest BCUT2D eigenvalue weighted by molar-refractivity contribution is -0.141. The van der Waals surface area contributed by atoms with Gasteiger partial charge in [0.1, 0.15) is 11.4 Å². The van der Waals surface area contributed by atoms with Gasteiger partial charge in [-0.05, 0) is 58.4 Å². The molecule has 0 saturated carbocycles. The molecule has 0 N–H and O–H groups in total. The second-order valence-electron chi connectivity index (χ2n) is 5.60. The molecule has 0 bridgehead atoms. The Morgan fingerprint density at radius 3 is 2.21 bits per heavy atom. The highest BCUT2D eigenvalue weighted by Gasteiger charge is 2.11. The Hall–Kier alpha value is -1.77. The van der Waals surface area contributed by atoms with Crippen LogP contribution in [0.3, 0.4) is 0 Å². The normalized spacial score (nSPS) is 11.9. The minimum atomic E-state index is -0.329. The third kappa shape index (κ3) is 6.65. The summed E-state index contributed by atoms with van der Waals surface area (Å²) in [6.07, 6.45) is 3.06. The predicted octanol–water partition coefficient (Wildman–Crippen LogP) is 3.83. The van der Waals surface area contributed by atoms with Gasteiger partial charge in [-0.1, -0.05) is 12.1 Å². The van der Waals surface area contributed by atoms with E-state index in [9.17, 15) is 4.79 Å². The zero-order chi connectivity index (χ0) is 14.5. The summed E-state index contributed by atoms with van der Waals surface area (Å²) in [7, 11) is 0. The van der Waals surface area contributed by atoms with Gasteiger partial charge in [-0.25, -0.2) is 4.79 Å². The van der Waals surface area contributed by atoms with Gasteiger partial charge in [0.15, 0.2) is 0 Å². The first-order chi connectivity index (χ1) is 8.76. The minimum absolute atomic E-state index is 0.0975. The summed E-state index contributed by atoms with van der Waals surface area (Å²) in [5, 5.41) is 0. The molecule has 104 valence electrons. The van der Waals surface area contributed by atoms with Crippen molar-refractivity contribution in [1.29, 1.82) is 0 Å². The van der Waals surface area contributed by atoms with E-state index in [1.54, 1.807) is 6.08 Å². The smallest absolute Gasteiger partial charge is 0.331 e. The van der Waals surface area contributed by atoms with Crippen molar-refractivity contribution in [3.8, 4) is 5.75 Å². The topological polar surface area (TPSA) is 35.5 Å². The van der Waals surface area contributed by atoms with Crippen LogP contribution in [-0.2, 0) is 9.53 Å². The van der Waals surface area contributed by atoms with Gasteiger partial charge in [-0.3, -0.25) is 0 Å². The van der Waals surface area contributed by atoms with Crippen LogP contribution in [0.2, 0.25) is 0 Å². The number of carbonyl (C=O) groups is 1. The van der Waals surface area contributed by atoms with Crippen molar-refractivity contribution in [2.24, 2.45) is 0 Å². The van der Waals surface area contributed by atoms with Gasteiger partial charge >= 0.3 is 5.97 Å². The van der Waals surface area contributed by atoms with E-state index in [0.717, 1.165) is 11.3 Å². The van der Waals surface area contributed by atoms with E-state index >= 15 is 0 Å². The van der Waals surface area contributed by atoms with Crippen LogP contribution >= 0.6 is 0 Å². The zero-order valence-electron chi connectivity index (χ0n) is 12.3. The summed E-state index contributed by atoms with van der Waals surface area (Å²) in [4.78, 5) is 11.3. The first-order valence-corrected chi connectivity index (χ1v) is 6.44. The Balaban J connectivity index is 2.62. The van der Waals surface area contributed by atoms with Crippen molar-refractivity contribution < 1.29 is 14.3 Å². The van der Waals surface area contributed by atoms with Crippen molar-refractivity contribution in [3.05, 3.63) is 35.9 Å². The molecular formula is C16H22O3. The van der Waals surface area contributed by atoms with Gasteiger partial charge < -0.3 is 9.47 Å². The molecule has 1 rings (SSSR count). The highest BCUT2D eigenvalue weighted by Crippen LogP contribution is 2.18. The Morgan fingerprint density at radius 2 is 1.74 bits per heavy atom. The molecule has 0 amide bonds. The average Bonchev–Trinajstić information content (AvgIpc) is 2.25. The fourth-order valence-electron chi connectivity index (χ4n) is 1.44. The molecule has 0 spiro atoms. The number of ether oxygens (including phenoxy) is 2. The zero-order valence-corrected chi connectivity index (χ0v) is 12.3. The van der Waals surface area contributed by atoms with Crippen LogP contribution < -0.4 is 4.74 Å². The minimum Gasteiger partial charge on any atom is -0.488 e. The van der Waals surface area contributed by atoms with Crippen LogP contribution in [0.4, 0.5) is 0 Å². The molecular weight excluding hydrogens is 240 g/mol. The predicted molar refractivity (Wildman–Crippen MR) is 77.1 cm³/mol. The molecule has 0 atom stereocenters. The van der Waals surface area contributed by atoms with Crippen LogP contribution in [0.1, 0.15) is 40.2 Å². The van der Waals surface area contributed by atoms with Crippen molar-refractivity contribution in [2.75, 3.05) is 0 Å². The molecule has 3 heteroatoms. The highest BCUT2D eigenvalue weighted by molar-refractivity contribution is 5.87. The van der Waals surface area contributed by atoms with Crippen molar-refractivity contribution in [3.63, 3.8) is 0 Å². The third-order valence-electron chi connectivity index (χ3n) is 2.07. The van der Waals surface area contributed by atoms with Crippen LogP contribution in [-0.4, -0.2) is 17.7 Å². The van der Waals surface area contributed by atoms with E-state index in [1.165, 1.54) is 6.08 Å². The Labute approximate surface area is 115 Å². The largest absolute Gasteiger partial charge is 0.488 e. The lowest BCUT2D eigenvalue weighted by Crippen LogP contribution is -2.22. The monoisotopic (exact) mass is 262 g/mol. The Bertz CT molecular complexity index is 436. The first-order valence-electron chi connectivity index (χ1n) is 6.44. The summed E-state index contributed by atoms with van der Waals surface area (Å²) in [6.45, 7) is 9.66. The summed E-state index contributed by atoms with van der Waals surface area (Å²) in [5.41, 5.74) is 0.722. The highest BCUT2D eigenvalue weighted by atomic mass is 16.5. The SMILES string of the molecule is CC(C)OC(=O)/C=C/c1ccc(OC(C)(C)C)cc1. The van der Waals surface area contributed by atoms with Crippen LogP contribution in [0.15, 0.2) is 30.3 Å². The lowest BCUT2D eigenvalue weighted by Gasteiger charge is -2.21. The van der Waals surface area contributed by atoms with E-state index in [4.69, 9.17) is 9.47 Å². The second kappa shape index (κ2) is 6.41. The number of esters is 1. The maximum Gasteiger partial charge on any atom is 0.331 e. The molecule has 1 aromatic carbocycles. The van der Waals surface area contributed by atoms with Gasteiger partial charge in [0.25, 0.3) is 0 Å². The molecule has 1 aromatic rings. The maximum absolute atomic E-state index is 11.3. The first kappa shape index (κ1) is 15.3. The van der Waals surface area contributed by atoms with E-state index in [1.807, 2.05) is 58.9 Å².